The Morgan fingerprint density at radius 3 is 2.94 bits per heavy atom. The smallest absolute Gasteiger partial charge is 0.342 e. The first kappa shape index (κ1) is 13.1. The van der Waals surface area contributed by atoms with Crippen molar-refractivity contribution in [3.8, 4) is 0 Å². The van der Waals surface area contributed by atoms with Gasteiger partial charge < -0.3 is 10.5 Å². The highest BCUT2D eigenvalue weighted by atomic mass is 79.9. The van der Waals surface area contributed by atoms with Crippen molar-refractivity contribution in [2.45, 2.75) is 19.1 Å². The van der Waals surface area contributed by atoms with E-state index in [1.807, 2.05) is 0 Å². The van der Waals surface area contributed by atoms with Crippen molar-refractivity contribution in [1.82, 2.24) is 4.98 Å². The Kier molecular flexibility index (Phi) is 4.82. The molecular formula is C10H12BrFN2O2. The summed E-state index contributed by atoms with van der Waals surface area (Å²) in [6, 6.07) is 0.549. The zero-order chi connectivity index (χ0) is 12.1. The summed E-state index contributed by atoms with van der Waals surface area (Å²) < 4.78 is 18.8. The summed E-state index contributed by atoms with van der Waals surface area (Å²) in [5.41, 5.74) is 6.04. The Morgan fingerprint density at radius 2 is 2.38 bits per heavy atom. The minimum absolute atomic E-state index is 0.128. The normalized spacial score (nSPS) is 14.2. The molecule has 0 aliphatic rings. The van der Waals surface area contributed by atoms with Crippen LogP contribution in [-0.2, 0) is 9.53 Å². The Morgan fingerprint density at radius 1 is 1.69 bits per heavy atom. The van der Waals surface area contributed by atoms with Crippen LogP contribution < -0.4 is 5.73 Å². The molecule has 0 saturated carbocycles. The molecule has 0 spiro atoms. The molecule has 4 nitrogen and oxygen atoms in total. The van der Waals surface area contributed by atoms with E-state index < -0.39 is 18.2 Å². The Hall–Kier alpha value is -1.01. The predicted octanol–water partition coefficient (Wildman–Crippen LogP) is 1.75. The van der Waals surface area contributed by atoms with Gasteiger partial charge in [0.05, 0.1) is 12.6 Å². The van der Waals surface area contributed by atoms with Crippen LogP contribution in [0.2, 0.25) is 0 Å². The molecule has 0 aromatic carbocycles. The van der Waals surface area contributed by atoms with Crippen LogP contribution in [0.25, 0.3) is 0 Å². The lowest BCUT2D eigenvalue weighted by atomic mass is 10.1. The van der Waals surface area contributed by atoms with E-state index in [0.29, 0.717) is 10.0 Å². The minimum atomic E-state index is -1.88. The Labute approximate surface area is 101 Å². The number of ether oxygens (including phenoxy) is 1. The molecule has 1 aromatic rings. The van der Waals surface area contributed by atoms with Gasteiger partial charge in [-0.25, -0.2) is 9.18 Å². The summed E-state index contributed by atoms with van der Waals surface area (Å²) in [6.07, 6.45) is 1.09. The maximum atomic E-state index is 13.6. The number of pyridine rings is 1. The fraction of sp³-hybridized carbons (Fsp3) is 0.400. The summed E-state index contributed by atoms with van der Waals surface area (Å²) >= 11 is 3.19. The van der Waals surface area contributed by atoms with Gasteiger partial charge in [0.1, 0.15) is 0 Å². The predicted molar refractivity (Wildman–Crippen MR) is 60.4 cm³/mol. The van der Waals surface area contributed by atoms with Gasteiger partial charge in [-0.2, -0.15) is 0 Å². The molecule has 0 radical (unpaired) electrons. The number of nitrogens with zero attached hydrogens (tertiary/aromatic N) is 1. The number of halogens is 2. The Bertz CT molecular complexity index is 376. The Balaban J connectivity index is 2.77. The lowest BCUT2D eigenvalue weighted by Crippen LogP contribution is -2.31. The van der Waals surface area contributed by atoms with Crippen molar-refractivity contribution in [2.24, 2.45) is 5.73 Å². The standard InChI is InChI=1S/C10H12BrFN2O2/c1-2-16-10(15)8(12)9(13)6-3-7(11)5-14-4-6/h3-5,8-9H,2,13H2,1H3/t8?,9-/m0/s1. The highest BCUT2D eigenvalue weighted by molar-refractivity contribution is 9.10. The van der Waals surface area contributed by atoms with E-state index >= 15 is 0 Å². The number of aromatic nitrogens is 1. The molecule has 6 heteroatoms. The van der Waals surface area contributed by atoms with Gasteiger partial charge in [0.2, 0.25) is 6.17 Å². The van der Waals surface area contributed by atoms with Crippen molar-refractivity contribution in [3.63, 3.8) is 0 Å². The van der Waals surface area contributed by atoms with Gasteiger partial charge in [-0.3, -0.25) is 4.98 Å². The van der Waals surface area contributed by atoms with Gasteiger partial charge in [-0.1, -0.05) is 0 Å². The lowest BCUT2D eigenvalue weighted by molar-refractivity contribution is -0.149. The lowest BCUT2D eigenvalue weighted by Gasteiger charge is -2.15. The molecule has 0 fully saturated rings. The third-order valence-electron chi connectivity index (χ3n) is 1.94. The number of alkyl halides is 1. The average molecular weight is 291 g/mol. The van der Waals surface area contributed by atoms with Crippen LogP contribution in [0.4, 0.5) is 4.39 Å². The van der Waals surface area contributed by atoms with Crippen molar-refractivity contribution in [1.29, 1.82) is 0 Å². The average Bonchev–Trinajstić information content (AvgIpc) is 2.27. The third kappa shape index (κ3) is 3.24. The number of hydrogen-bond acceptors (Lipinski definition) is 4. The second-order valence-corrected chi connectivity index (χ2v) is 4.03. The highest BCUT2D eigenvalue weighted by Gasteiger charge is 2.27. The SMILES string of the molecule is CCOC(=O)C(F)[C@@H](N)c1cncc(Br)c1. The molecule has 0 aliphatic carbocycles. The quantitative estimate of drug-likeness (QED) is 0.858. The van der Waals surface area contributed by atoms with E-state index in [1.165, 1.54) is 6.20 Å². The van der Waals surface area contributed by atoms with Gasteiger partial charge in [0.25, 0.3) is 0 Å². The monoisotopic (exact) mass is 290 g/mol. The summed E-state index contributed by atoms with van der Waals surface area (Å²) in [4.78, 5) is 15.0. The highest BCUT2D eigenvalue weighted by Crippen LogP contribution is 2.20. The van der Waals surface area contributed by atoms with Crippen LogP contribution in [0.3, 0.4) is 0 Å². The second kappa shape index (κ2) is 5.91. The largest absolute Gasteiger partial charge is 0.464 e. The molecule has 1 aromatic heterocycles. The number of rotatable bonds is 4. The van der Waals surface area contributed by atoms with Crippen LogP contribution in [0, 0.1) is 0 Å². The number of esters is 1. The summed E-state index contributed by atoms with van der Waals surface area (Å²) in [5, 5.41) is 0. The summed E-state index contributed by atoms with van der Waals surface area (Å²) in [7, 11) is 0. The minimum Gasteiger partial charge on any atom is -0.464 e. The van der Waals surface area contributed by atoms with Crippen LogP contribution in [0.5, 0.6) is 0 Å². The van der Waals surface area contributed by atoms with Gasteiger partial charge in [0.15, 0.2) is 0 Å². The molecule has 0 bridgehead atoms. The van der Waals surface area contributed by atoms with E-state index in [-0.39, 0.29) is 6.61 Å². The molecule has 1 heterocycles. The molecule has 0 aliphatic heterocycles. The number of carbonyl (C=O) groups excluding carboxylic acids is 1. The topological polar surface area (TPSA) is 65.2 Å². The summed E-state index contributed by atoms with van der Waals surface area (Å²) in [6.45, 7) is 1.74. The van der Waals surface area contributed by atoms with Gasteiger partial charge >= 0.3 is 5.97 Å². The van der Waals surface area contributed by atoms with Crippen LogP contribution in [-0.4, -0.2) is 23.7 Å². The number of nitrogens with two attached hydrogens (primary N) is 1. The van der Waals surface area contributed by atoms with Crippen LogP contribution in [0.15, 0.2) is 22.9 Å². The maximum Gasteiger partial charge on any atom is 0.342 e. The molecule has 0 saturated heterocycles. The molecule has 0 amide bonds. The third-order valence-corrected chi connectivity index (χ3v) is 2.37. The maximum absolute atomic E-state index is 13.6. The van der Waals surface area contributed by atoms with Gasteiger partial charge in [0, 0.05) is 16.9 Å². The molecule has 2 N–H and O–H groups in total. The van der Waals surface area contributed by atoms with Gasteiger partial charge in [-0.05, 0) is 34.5 Å². The molecule has 1 rings (SSSR count). The van der Waals surface area contributed by atoms with E-state index in [0.717, 1.165) is 0 Å². The van der Waals surface area contributed by atoms with Crippen molar-refractivity contribution >= 4 is 21.9 Å². The van der Waals surface area contributed by atoms with Crippen LogP contribution >= 0.6 is 15.9 Å². The second-order valence-electron chi connectivity index (χ2n) is 3.12. The first-order chi connectivity index (χ1) is 7.56. The summed E-state index contributed by atoms with van der Waals surface area (Å²) in [5.74, 6) is -0.949. The molecule has 16 heavy (non-hydrogen) atoms. The van der Waals surface area contributed by atoms with E-state index in [9.17, 15) is 9.18 Å². The van der Waals surface area contributed by atoms with Crippen molar-refractivity contribution in [2.75, 3.05) is 6.61 Å². The fourth-order valence-corrected chi connectivity index (χ4v) is 1.53. The van der Waals surface area contributed by atoms with Crippen LogP contribution in [0.1, 0.15) is 18.5 Å². The van der Waals surface area contributed by atoms with Gasteiger partial charge in [-0.15, -0.1) is 0 Å². The van der Waals surface area contributed by atoms with E-state index in [1.54, 1.807) is 19.2 Å². The van der Waals surface area contributed by atoms with E-state index in [4.69, 9.17) is 5.73 Å². The molecular weight excluding hydrogens is 279 g/mol. The number of carbonyl (C=O) groups is 1. The zero-order valence-corrected chi connectivity index (χ0v) is 10.3. The fourth-order valence-electron chi connectivity index (χ4n) is 1.15. The molecule has 88 valence electrons. The van der Waals surface area contributed by atoms with Crippen molar-refractivity contribution in [3.05, 3.63) is 28.5 Å². The van der Waals surface area contributed by atoms with Crippen molar-refractivity contribution < 1.29 is 13.9 Å². The van der Waals surface area contributed by atoms with E-state index in [2.05, 4.69) is 25.7 Å². The number of hydrogen-bond donors (Lipinski definition) is 1. The molecule has 2 atom stereocenters. The zero-order valence-electron chi connectivity index (χ0n) is 8.69. The molecule has 1 unspecified atom stereocenters. The first-order valence-corrected chi connectivity index (χ1v) is 5.52. The first-order valence-electron chi connectivity index (χ1n) is 4.73.